The molecule has 1 atom stereocenters. The fraction of sp³-hybridized carbons (Fsp3) is 0.900. The van der Waals surface area contributed by atoms with Gasteiger partial charge in [-0.25, -0.2) is 0 Å². The maximum Gasteiger partial charge on any atom is 0.311 e. The van der Waals surface area contributed by atoms with Crippen LogP contribution in [0.3, 0.4) is 0 Å². The highest BCUT2D eigenvalue weighted by Crippen LogP contribution is 2.15. The lowest BCUT2D eigenvalue weighted by Crippen LogP contribution is -2.33. The van der Waals surface area contributed by atoms with E-state index in [1.807, 2.05) is 19.0 Å². The van der Waals surface area contributed by atoms with Gasteiger partial charge in [-0.3, -0.25) is 4.79 Å². The SMILES string of the molecule is CN(C)C[C@H](O)COC(=O)C(C)(C)C. The summed E-state index contributed by atoms with van der Waals surface area (Å²) in [5.41, 5.74) is -0.502. The summed E-state index contributed by atoms with van der Waals surface area (Å²) in [6.07, 6.45) is -0.615. The Labute approximate surface area is 85.9 Å². The second kappa shape index (κ2) is 5.32. The molecular weight excluding hydrogens is 182 g/mol. The van der Waals surface area contributed by atoms with Crippen LogP contribution in [0.2, 0.25) is 0 Å². The summed E-state index contributed by atoms with van der Waals surface area (Å²) in [5, 5.41) is 9.42. The third-order valence-electron chi connectivity index (χ3n) is 1.60. The number of carbonyl (C=O) groups is 1. The summed E-state index contributed by atoms with van der Waals surface area (Å²) in [6, 6.07) is 0. The molecule has 0 unspecified atom stereocenters. The molecule has 0 fully saturated rings. The van der Waals surface area contributed by atoms with Gasteiger partial charge in [0.1, 0.15) is 12.7 Å². The molecule has 0 aromatic carbocycles. The lowest BCUT2D eigenvalue weighted by molar-refractivity contribution is -0.156. The Balaban J connectivity index is 3.78. The van der Waals surface area contributed by atoms with Crippen LogP contribution in [-0.2, 0) is 9.53 Å². The minimum atomic E-state index is -0.615. The van der Waals surface area contributed by atoms with Gasteiger partial charge in [-0.2, -0.15) is 0 Å². The van der Waals surface area contributed by atoms with E-state index in [9.17, 15) is 9.90 Å². The molecule has 0 saturated carbocycles. The van der Waals surface area contributed by atoms with Crippen molar-refractivity contribution in [1.82, 2.24) is 4.90 Å². The van der Waals surface area contributed by atoms with Crippen LogP contribution in [0.1, 0.15) is 20.8 Å². The van der Waals surface area contributed by atoms with Gasteiger partial charge in [0.25, 0.3) is 0 Å². The number of likely N-dealkylation sites (N-methyl/N-ethyl adjacent to an activating group) is 1. The van der Waals surface area contributed by atoms with E-state index in [4.69, 9.17) is 4.74 Å². The van der Waals surface area contributed by atoms with Gasteiger partial charge in [0, 0.05) is 6.54 Å². The minimum absolute atomic E-state index is 0.0638. The molecule has 1 N–H and O–H groups in total. The van der Waals surface area contributed by atoms with E-state index >= 15 is 0 Å². The number of carbonyl (C=O) groups excluding carboxylic acids is 1. The molecular formula is C10H21NO3. The fourth-order valence-electron chi connectivity index (χ4n) is 0.863. The van der Waals surface area contributed by atoms with Gasteiger partial charge in [0.15, 0.2) is 0 Å². The summed E-state index contributed by atoms with van der Waals surface area (Å²) in [7, 11) is 3.71. The van der Waals surface area contributed by atoms with Crippen molar-refractivity contribution in [2.75, 3.05) is 27.2 Å². The fourth-order valence-corrected chi connectivity index (χ4v) is 0.863. The standard InChI is InChI=1S/C10H21NO3/c1-10(2,3)9(13)14-7-8(12)6-11(4)5/h8,12H,6-7H2,1-5H3/t8-/m0/s1. The Bertz CT molecular complexity index is 184. The molecule has 0 bridgehead atoms. The normalized spacial score (nSPS) is 14.2. The highest BCUT2D eigenvalue weighted by Gasteiger charge is 2.23. The van der Waals surface area contributed by atoms with Crippen molar-refractivity contribution < 1.29 is 14.6 Å². The van der Waals surface area contributed by atoms with E-state index in [-0.39, 0.29) is 12.6 Å². The largest absolute Gasteiger partial charge is 0.462 e. The first-order valence-electron chi connectivity index (χ1n) is 4.73. The van der Waals surface area contributed by atoms with Crippen LogP contribution >= 0.6 is 0 Å². The van der Waals surface area contributed by atoms with E-state index in [1.165, 1.54) is 0 Å². The third kappa shape index (κ3) is 5.94. The van der Waals surface area contributed by atoms with Crippen LogP contribution in [0.4, 0.5) is 0 Å². The van der Waals surface area contributed by atoms with Crippen molar-refractivity contribution in [1.29, 1.82) is 0 Å². The minimum Gasteiger partial charge on any atom is -0.462 e. The Kier molecular flexibility index (Phi) is 5.08. The molecule has 0 heterocycles. The number of aliphatic hydroxyl groups excluding tert-OH is 1. The van der Waals surface area contributed by atoms with E-state index in [0.29, 0.717) is 6.54 Å². The lowest BCUT2D eigenvalue weighted by atomic mass is 9.97. The van der Waals surface area contributed by atoms with Gasteiger partial charge in [0.05, 0.1) is 5.41 Å². The first-order valence-corrected chi connectivity index (χ1v) is 4.73. The molecule has 0 aliphatic carbocycles. The smallest absolute Gasteiger partial charge is 0.311 e. The maximum absolute atomic E-state index is 11.3. The van der Waals surface area contributed by atoms with Crippen molar-refractivity contribution in [2.24, 2.45) is 5.41 Å². The number of rotatable bonds is 4. The molecule has 0 aliphatic rings. The van der Waals surface area contributed by atoms with Gasteiger partial charge < -0.3 is 14.7 Å². The Morgan fingerprint density at radius 3 is 2.29 bits per heavy atom. The van der Waals surface area contributed by atoms with Crippen LogP contribution in [-0.4, -0.2) is 49.3 Å². The predicted octanol–water partition coefficient (Wildman–Crippen LogP) is 0.498. The van der Waals surface area contributed by atoms with Crippen molar-refractivity contribution >= 4 is 5.97 Å². The summed E-state index contributed by atoms with van der Waals surface area (Å²) in [6.45, 7) is 5.92. The van der Waals surface area contributed by atoms with Gasteiger partial charge in [-0.15, -0.1) is 0 Å². The second-order valence-corrected chi connectivity index (χ2v) is 4.76. The summed E-state index contributed by atoms with van der Waals surface area (Å²) in [4.78, 5) is 13.2. The number of aliphatic hydroxyl groups is 1. The van der Waals surface area contributed by atoms with E-state index < -0.39 is 11.5 Å². The topological polar surface area (TPSA) is 49.8 Å². The Morgan fingerprint density at radius 2 is 1.93 bits per heavy atom. The zero-order chi connectivity index (χ0) is 11.4. The summed E-state index contributed by atoms with van der Waals surface area (Å²) in [5.74, 6) is -0.282. The number of hydrogen-bond donors (Lipinski definition) is 1. The van der Waals surface area contributed by atoms with Gasteiger partial charge >= 0.3 is 5.97 Å². The number of ether oxygens (including phenoxy) is 1. The van der Waals surface area contributed by atoms with Crippen LogP contribution in [0.15, 0.2) is 0 Å². The first-order chi connectivity index (χ1) is 6.23. The summed E-state index contributed by atoms with van der Waals surface area (Å²) < 4.78 is 4.95. The maximum atomic E-state index is 11.3. The Morgan fingerprint density at radius 1 is 1.43 bits per heavy atom. The zero-order valence-corrected chi connectivity index (χ0v) is 9.70. The number of hydrogen-bond acceptors (Lipinski definition) is 4. The van der Waals surface area contributed by atoms with Crippen LogP contribution < -0.4 is 0 Å². The van der Waals surface area contributed by atoms with Gasteiger partial charge in [0.2, 0.25) is 0 Å². The molecule has 0 aromatic rings. The highest BCUT2D eigenvalue weighted by molar-refractivity contribution is 5.75. The molecule has 0 amide bonds. The number of esters is 1. The van der Waals surface area contributed by atoms with Crippen molar-refractivity contribution in [3.8, 4) is 0 Å². The average Bonchev–Trinajstić information content (AvgIpc) is 1.96. The van der Waals surface area contributed by atoms with Crippen molar-refractivity contribution in [2.45, 2.75) is 26.9 Å². The second-order valence-electron chi connectivity index (χ2n) is 4.76. The Hall–Kier alpha value is -0.610. The highest BCUT2D eigenvalue weighted by atomic mass is 16.5. The van der Waals surface area contributed by atoms with E-state index in [2.05, 4.69) is 0 Å². The molecule has 0 spiro atoms. The molecule has 4 nitrogen and oxygen atoms in total. The molecule has 4 heteroatoms. The molecule has 0 rings (SSSR count). The zero-order valence-electron chi connectivity index (χ0n) is 9.70. The van der Waals surface area contributed by atoms with Crippen LogP contribution in [0, 0.1) is 5.41 Å². The van der Waals surface area contributed by atoms with Crippen LogP contribution in [0.5, 0.6) is 0 Å². The molecule has 0 radical (unpaired) electrons. The molecule has 84 valence electrons. The molecule has 0 saturated heterocycles. The predicted molar refractivity (Wildman–Crippen MR) is 55.0 cm³/mol. The molecule has 14 heavy (non-hydrogen) atoms. The van der Waals surface area contributed by atoms with Crippen molar-refractivity contribution in [3.63, 3.8) is 0 Å². The third-order valence-corrected chi connectivity index (χ3v) is 1.60. The average molecular weight is 203 g/mol. The molecule has 0 aliphatic heterocycles. The number of nitrogens with zero attached hydrogens (tertiary/aromatic N) is 1. The van der Waals surface area contributed by atoms with Gasteiger partial charge in [-0.1, -0.05) is 0 Å². The van der Waals surface area contributed by atoms with Gasteiger partial charge in [-0.05, 0) is 34.9 Å². The summed E-state index contributed by atoms with van der Waals surface area (Å²) >= 11 is 0. The quantitative estimate of drug-likeness (QED) is 0.676. The van der Waals surface area contributed by atoms with E-state index in [1.54, 1.807) is 20.8 Å². The first kappa shape index (κ1) is 13.4. The molecule has 0 aromatic heterocycles. The lowest BCUT2D eigenvalue weighted by Gasteiger charge is -2.20. The van der Waals surface area contributed by atoms with Crippen LogP contribution in [0.25, 0.3) is 0 Å². The monoisotopic (exact) mass is 203 g/mol. The van der Waals surface area contributed by atoms with E-state index in [0.717, 1.165) is 0 Å². The van der Waals surface area contributed by atoms with Crippen molar-refractivity contribution in [3.05, 3.63) is 0 Å².